The molecule has 188 valence electrons. The molecular weight excluding hydrogens is 450 g/mol. The third kappa shape index (κ3) is 5.65. The number of hydrogen-bond donors (Lipinski definition) is 2. The molecule has 6 heteroatoms. The monoisotopic (exact) mass is 485 g/mol. The highest BCUT2D eigenvalue weighted by atomic mass is 16.4. The van der Waals surface area contributed by atoms with E-state index in [1.165, 1.54) is 11.1 Å². The van der Waals surface area contributed by atoms with Gasteiger partial charge in [0, 0.05) is 29.4 Å². The molecule has 0 saturated heterocycles. The number of nitrogens with zero attached hydrogens (tertiary/aromatic N) is 3. The molecule has 2 aromatic heterocycles. The van der Waals surface area contributed by atoms with E-state index in [-0.39, 0.29) is 12.5 Å². The summed E-state index contributed by atoms with van der Waals surface area (Å²) in [5.41, 5.74) is 8.24. The lowest BCUT2D eigenvalue weighted by Gasteiger charge is -2.12. The van der Waals surface area contributed by atoms with Gasteiger partial charge in [-0.1, -0.05) is 79.4 Å². The number of fused-ring (bicyclic) bond motifs is 1. The van der Waals surface area contributed by atoms with Gasteiger partial charge >= 0.3 is 5.97 Å². The van der Waals surface area contributed by atoms with Gasteiger partial charge in [-0.2, -0.15) is 0 Å². The van der Waals surface area contributed by atoms with Gasteiger partial charge in [0.25, 0.3) is 0 Å². The van der Waals surface area contributed by atoms with Gasteiger partial charge in [-0.3, -0.25) is 4.79 Å². The van der Waals surface area contributed by atoms with Crippen LogP contribution in [0.5, 0.6) is 0 Å². The fourth-order valence-corrected chi connectivity index (χ4v) is 4.62. The van der Waals surface area contributed by atoms with Crippen LogP contribution in [0.15, 0.2) is 54.7 Å². The lowest BCUT2D eigenvalue weighted by Crippen LogP contribution is -2.12. The van der Waals surface area contributed by atoms with Gasteiger partial charge in [-0.15, -0.1) is 0 Å². The molecule has 0 fully saturated rings. The van der Waals surface area contributed by atoms with Crippen molar-refractivity contribution >= 4 is 17.1 Å². The average molecular weight is 486 g/mol. The van der Waals surface area contributed by atoms with Crippen molar-refractivity contribution in [3.63, 3.8) is 0 Å². The smallest absolute Gasteiger partial charge is 0.306 e. The second-order valence-corrected chi connectivity index (χ2v) is 9.62. The first-order valence-electron chi connectivity index (χ1n) is 12.8. The maximum Gasteiger partial charge on any atom is 0.306 e. The molecule has 0 bridgehead atoms. The van der Waals surface area contributed by atoms with Crippen molar-refractivity contribution in [1.82, 2.24) is 14.5 Å². The quantitative estimate of drug-likeness (QED) is 0.235. The van der Waals surface area contributed by atoms with Gasteiger partial charge in [0.15, 0.2) is 5.65 Å². The number of hydrogen-bond acceptors (Lipinski definition) is 4. The molecule has 1 unspecified atom stereocenters. The maximum absolute atomic E-state index is 11.3. The van der Waals surface area contributed by atoms with E-state index in [1.54, 1.807) is 0 Å². The van der Waals surface area contributed by atoms with Gasteiger partial charge in [-0.05, 0) is 33.1 Å². The van der Waals surface area contributed by atoms with Crippen LogP contribution in [-0.2, 0) is 17.9 Å². The normalized spacial score (nSPS) is 12.2. The van der Waals surface area contributed by atoms with E-state index < -0.39 is 5.97 Å². The number of carbonyl (C=O) groups is 1. The van der Waals surface area contributed by atoms with E-state index >= 15 is 0 Å². The number of aliphatic carboxylic acids is 1. The van der Waals surface area contributed by atoms with Gasteiger partial charge in [0.05, 0.1) is 23.9 Å². The zero-order chi connectivity index (χ0) is 25.7. The predicted molar refractivity (Wildman–Crippen MR) is 144 cm³/mol. The van der Waals surface area contributed by atoms with E-state index in [2.05, 4.69) is 66.9 Å². The van der Waals surface area contributed by atoms with Crippen molar-refractivity contribution < 1.29 is 15.0 Å². The Kier molecular flexibility index (Phi) is 8.16. The van der Waals surface area contributed by atoms with Crippen LogP contribution in [-0.4, -0.2) is 30.7 Å². The molecule has 6 nitrogen and oxygen atoms in total. The third-order valence-corrected chi connectivity index (χ3v) is 6.88. The van der Waals surface area contributed by atoms with Crippen LogP contribution in [0.2, 0.25) is 0 Å². The van der Waals surface area contributed by atoms with Gasteiger partial charge in [-0.25, -0.2) is 9.97 Å². The largest absolute Gasteiger partial charge is 0.481 e. The summed E-state index contributed by atoms with van der Waals surface area (Å²) in [6.45, 7) is 6.69. The number of aromatic nitrogens is 3. The minimum absolute atomic E-state index is 0.105. The SMILES string of the molecule is CCC(CCCCCn1cc(CO)c2nc(-c3ccc(C)cc3)c(-c3ccc(C)cc3)nc21)C(=O)O. The molecule has 2 N–H and O–H groups in total. The molecule has 0 amide bonds. The molecule has 36 heavy (non-hydrogen) atoms. The number of carboxylic acid groups (broad SMARTS) is 1. The molecular formula is C30H35N3O3. The number of benzene rings is 2. The fourth-order valence-electron chi connectivity index (χ4n) is 4.62. The van der Waals surface area contributed by atoms with E-state index in [4.69, 9.17) is 9.97 Å². The van der Waals surface area contributed by atoms with Crippen LogP contribution in [0.25, 0.3) is 33.7 Å². The third-order valence-electron chi connectivity index (χ3n) is 6.88. The Bertz CT molecular complexity index is 1320. The van der Waals surface area contributed by atoms with Crippen molar-refractivity contribution in [2.45, 2.75) is 66.0 Å². The second kappa shape index (κ2) is 11.5. The van der Waals surface area contributed by atoms with Crippen LogP contribution in [0.1, 0.15) is 55.7 Å². The first kappa shape index (κ1) is 25.6. The molecule has 0 aliphatic heterocycles. The number of unbranched alkanes of at least 4 members (excludes halogenated alkanes) is 2. The maximum atomic E-state index is 11.3. The summed E-state index contributed by atoms with van der Waals surface area (Å²) in [5.74, 6) is -0.966. The van der Waals surface area contributed by atoms with Gasteiger partial charge in [0.1, 0.15) is 5.52 Å². The Morgan fingerprint density at radius 1 is 0.889 bits per heavy atom. The van der Waals surface area contributed by atoms with E-state index in [0.29, 0.717) is 12.8 Å². The van der Waals surface area contributed by atoms with Crippen LogP contribution in [0, 0.1) is 19.8 Å². The minimum Gasteiger partial charge on any atom is -0.481 e. The first-order chi connectivity index (χ1) is 17.4. The van der Waals surface area contributed by atoms with Crippen molar-refractivity contribution in [1.29, 1.82) is 0 Å². The average Bonchev–Trinajstić information content (AvgIpc) is 3.23. The van der Waals surface area contributed by atoms with Gasteiger partial charge < -0.3 is 14.8 Å². The topological polar surface area (TPSA) is 88.2 Å². The molecule has 1 atom stereocenters. The molecule has 0 spiro atoms. The minimum atomic E-state index is -0.704. The lowest BCUT2D eigenvalue weighted by atomic mass is 9.99. The van der Waals surface area contributed by atoms with E-state index in [9.17, 15) is 15.0 Å². The van der Waals surface area contributed by atoms with Crippen molar-refractivity contribution in [3.8, 4) is 22.5 Å². The molecule has 0 aliphatic rings. The summed E-state index contributed by atoms with van der Waals surface area (Å²) in [7, 11) is 0. The Labute approximate surface area is 212 Å². The predicted octanol–water partition coefficient (Wildman–Crippen LogP) is 6.55. The standard InChI is InChI=1S/C30H35N3O3/c1-4-22(30(35)36)8-6-5-7-17-33-18-25(19-34)28-29(33)32-27(24-15-11-21(3)12-16-24)26(31-28)23-13-9-20(2)10-14-23/h9-16,18,22,34H,4-8,17,19H2,1-3H3,(H,35,36). The van der Waals surface area contributed by atoms with Crippen molar-refractivity contribution in [2.24, 2.45) is 5.92 Å². The second-order valence-electron chi connectivity index (χ2n) is 9.62. The summed E-state index contributed by atoms with van der Waals surface area (Å²) in [6.07, 6.45) is 6.06. The number of aryl methyl sites for hydroxylation is 3. The molecule has 4 aromatic rings. The lowest BCUT2D eigenvalue weighted by molar-refractivity contribution is -0.142. The van der Waals surface area contributed by atoms with Crippen LogP contribution < -0.4 is 0 Å². The molecule has 2 heterocycles. The van der Waals surface area contributed by atoms with Crippen LogP contribution >= 0.6 is 0 Å². The van der Waals surface area contributed by atoms with Crippen molar-refractivity contribution in [3.05, 3.63) is 71.4 Å². The zero-order valence-corrected chi connectivity index (χ0v) is 21.4. The Balaban J connectivity index is 1.68. The Morgan fingerprint density at radius 2 is 1.47 bits per heavy atom. The molecule has 2 aromatic carbocycles. The van der Waals surface area contributed by atoms with Crippen molar-refractivity contribution in [2.75, 3.05) is 0 Å². The summed E-state index contributed by atoms with van der Waals surface area (Å²) < 4.78 is 2.08. The summed E-state index contributed by atoms with van der Waals surface area (Å²) >= 11 is 0. The molecule has 0 radical (unpaired) electrons. The molecule has 0 saturated carbocycles. The van der Waals surface area contributed by atoms with E-state index in [1.807, 2.05) is 13.1 Å². The van der Waals surface area contributed by atoms with Crippen LogP contribution in [0.3, 0.4) is 0 Å². The zero-order valence-electron chi connectivity index (χ0n) is 21.4. The Hall–Kier alpha value is -3.51. The number of carboxylic acids is 1. The van der Waals surface area contributed by atoms with Gasteiger partial charge in [0.2, 0.25) is 0 Å². The van der Waals surface area contributed by atoms with Crippen LogP contribution in [0.4, 0.5) is 0 Å². The molecule has 4 rings (SSSR count). The summed E-state index contributed by atoms with van der Waals surface area (Å²) in [5, 5.41) is 19.3. The van der Waals surface area contributed by atoms with E-state index in [0.717, 1.165) is 65.0 Å². The molecule has 0 aliphatic carbocycles. The highest BCUT2D eigenvalue weighted by molar-refractivity contribution is 5.87. The fraction of sp³-hybridized carbons (Fsp3) is 0.367. The number of aliphatic hydroxyl groups is 1. The Morgan fingerprint density at radius 3 is 2.00 bits per heavy atom. The number of rotatable bonds is 11. The first-order valence-corrected chi connectivity index (χ1v) is 12.8. The highest BCUT2D eigenvalue weighted by Gasteiger charge is 2.19. The highest BCUT2D eigenvalue weighted by Crippen LogP contribution is 2.33. The number of aliphatic hydroxyl groups excluding tert-OH is 1. The summed E-state index contributed by atoms with van der Waals surface area (Å²) in [4.78, 5) is 21.4. The summed E-state index contributed by atoms with van der Waals surface area (Å²) in [6, 6.07) is 16.6.